The highest BCUT2D eigenvalue weighted by atomic mass is 16.6. The molecule has 3 rings (SSSR count). The van der Waals surface area contributed by atoms with E-state index in [2.05, 4.69) is 0 Å². The second kappa shape index (κ2) is 8.86. The van der Waals surface area contributed by atoms with Gasteiger partial charge >= 0.3 is 12.1 Å². The number of amides is 1. The summed E-state index contributed by atoms with van der Waals surface area (Å²) in [6, 6.07) is 25.1. The number of carboxylic acid groups (broad SMARTS) is 1. The van der Waals surface area contributed by atoms with E-state index < -0.39 is 18.1 Å². The summed E-state index contributed by atoms with van der Waals surface area (Å²) in [5.41, 5.74) is 3.36. The number of nitrogens with zero attached hydrogens (tertiary/aromatic N) is 1. The van der Waals surface area contributed by atoms with Gasteiger partial charge in [0.1, 0.15) is 6.61 Å². The molecule has 0 saturated carbocycles. The molecule has 1 unspecified atom stereocenters. The van der Waals surface area contributed by atoms with E-state index in [4.69, 9.17) is 4.74 Å². The minimum atomic E-state index is -1.13. The molecule has 0 aliphatic heterocycles. The molecule has 0 aliphatic rings. The third kappa shape index (κ3) is 4.57. The molecule has 0 heterocycles. The average molecular weight is 375 g/mol. The van der Waals surface area contributed by atoms with Crippen molar-refractivity contribution in [1.29, 1.82) is 0 Å². The third-order valence-electron chi connectivity index (χ3n) is 4.45. The molecule has 0 fully saturated rings. The van der Waals surface area contributed by atoms with Crippen LogP contribution in [0.3, 0.4) is 0 Å². The van der Waals surface area contributed by atoms with E-state index >= 15 is 0 Å². The van der Waals surface area contributed by atoms with E-state index in [1.807, 2.05) is 72.8 Å². The van der Waals surface area contributed by atoms with Crippen molar-refractivity contribution in [2.24, 2.45) is 0 Å². The summed E-state index contributed by atoms with van der Waals surface area (Å²) in [5.74, 6) is -1.12. The highest BCUT2D eigenvalue weighted by molar-refractivity contribution is 5.81. The molecule has 0 saturated heterocycles. The number of carboxylic acids is 1. The van der Waals surface area contributed by atoms with Gasteiger partial charge in [0.25, 0.3) is 0 Å². The molecule has 0 aromatic heterocycles. The summed E-state index contributed by atoms with van der Waals surface area (Å²) in [7, 11) is 1.43. The van der Waals surface area contributed by atoms with Crippen molar-refractivity contribution in [2.45, 2.75) is 12.6 Å². The number of carbonyl (C=O) groups is 2. The van der Waals surface area contributed by atoms with Crippen LogP contribution < -0.4 is 0 Å². The van der Waals surface area contributed by atoms with Crippen LogP contribution in [0.2, 0.25) is 0 Å². The van der Waals surface area contributed by atoms with Crippen LogP contribution in [0.15, 0.2) is 84.9 Å². The molecule has 0 bridgehead atoms. The van der Waals surface area contributed by atoms with E-state index in [0.717, 1.165) is 21.6 Å². The molecule has 1 N–H and O–H groups in total. The normalized spacial score (nSPS) is 11.5. The van der Waals surface area contributed by atoms with Gasteiger partial charge in [0.05, 0.1) is 0 Å². The molecule has 0 radical (unpaired) electrons. The molecule has 142 valence electrons. The largest absolute Gasteiger partial charge is 0.479 e. The van der Waals surface area contributed by atoms with Gasteiger partial charge in [-0.05, 0) is 22.3 Å². The molecule has 1 atom stereocenters. The molecule has 0 spiro atoms. The van der Waals surface area contributed by atoms with E-state index in [1.54, 1.807) is 12.1 Å². The van der Waals surface area contributed by atoms with Crippen molar-refractivity contribution in [2.75, 3.05) is 7.05 Å². The lowest BCUT2D eigenvalue weighted by atomic mass is 10.0. The number of hydrogen-bond acceptors (Lipinski definition) is 3. The number of ether oxygens (including phenoxy) is 1. The minimum Gasteiger partial charge on any atom is -0.479 e. The first-order chi connectivity index (χ1) is 13.6. The standard InChI is InChI=1S/C23H21NO4/c1-24(23(27)28-16-17-8-4-2-5-9-17)21(22(25)26)20-14-12-19(13-15-20)18-10-6-3-7-11-18/h2-15,21H,16H2,1H3,(H,25,26). The molecule has 0 aliphatic carbocycles. The van der Waals surface area contributed by atoms with Crippen molar-refractivity contribution in [3.63, 3.8) is 0 Å². The molecule has 3 aromatic rings. The maximum atomic E-state index is 12.4. The number of hydrogen-bond donors (Lipinski definition) is 1. The van der Waals surface area contributed by atoms with Crippen molar-refractivity contribution in [3.05, 3.63) is 96.1 Å². The Labute approximate surface area is 163 Å². The Bertz CT molecular complexity index is 924. The van der Waals surface area contributed by atoms with Crippen molar-refractivity contribution < 1.29 is 19.4 Å². The first-order valence-corrected chi connectivity index (χ1v) is 8.88. The average Bonchev–Trinajstić information content (AvgIpc) is 2.73. The van der Waals surface area contributed by atoms with Crippen LogP contribution in [0.4, 0.5) is 4.79 Å². The monoisotopic (exact) mass is 375 g/mol. The van der Waals surface area contributed by atoms with Gasteiger partial charge in [-0.3, -0.25) is 4.90 Å². The van der Waals surface area contributed by atoms with Crippen molar-refractivity contribution in [1.82, 2.24) is 4.90 Å². The van der Waals surface area contributed by atoms with Gasteiger partial charge in [-0.1, -0.05) is 84.9 Å². The van der Waals surface area contributed by atoms with Gasteiger partial charge in [0.2, 0.25) is 0 Å². The fraction of sp³-hybridized carbons (Fsp3) is 0.130. The van der Waals surface area contributed by atoms with E-state index in [1.165, 1.54) is 7.05 Å². The third-order valence-corrected chi connectivity index (χ3v) is 4.45. The van der Waals surface area contributed by atoms with Crippen molar-refractivity contribution in [3.8, 4) is 11.1 Å². The lowest BCUT2D eigenvalue weighted by Gasteiger charge is -2.24. The number of carbonyl (C=O) groups excluding carboxylic acids is 1. The Morgan fingerprint density at radius 2 is 1.39 bits per heavy atom. The summed E-state index contributed by atoms with van der Waals surface area (Å²) in [4.78, 5) is 25.3. The second-order valence-corrected chi connectivity index (χ2v) is 6.38. The van der Waals surface area contributed by atoms with Crippen LogP contribution in [0.1, 0.15) is 17.2 Å². The Balaban J connectivity index is 1.73. The number of likely N-dealkylation sites (N-methyl/N-ethyl adjacent to an activating group) is 1. The summed E-state index contributed by atoms with van der Waals surface area (Å²) in [6.45, 7) is 0.0866. The molecule has 1 amide bonds. The second-order valence-electron chi connectivity index (χ2n) is 6.38. The summed E-state index contributed by atoms with van der Waals surface area (Å²) in [6.07, 6.45) is -0.691. The summed E-state index contributed by atoms with van der Waals surface area (Å²) in [5, 5.41) is 9.67. The Morgan fingerprint density at radius 3 is 1.96 bits per heavy atom. The zero-order valence-corrected chi connectivity index (χ0v) is 15.5. The number of benzene rings is 3. The highest BCUT2D eigenvalue weighted by Crippen LogP contribution is 2.25. The van der Waals surface area contributed by atoms with Gasteiger partial charge in [-0.25, -0.2) is 9.59 Å². The van der Waals surface area contributed by atoms with Crippen LogP contribution >= 0.6 is 0 Å². The Hall–Kier alpha value is -3.60. The van der Waals surface area contributed by atoms with E-state index in [-0.39, 0.29) is 6.61 Å². The van der Waals surface area contributed by atoms with E-state index in [0.29, 0.717) is 5.56 Å². The Morgan fingerprint density at radius 1 is 0.857 bits per heavy atom. The molecule has 28 heavy (non-hydrogen) atoms. The fourth-order valence-electron chi connectivity index (χ4n) is 2.95. The van der Waals surface area contributed by atoms with Gasteiger partial charge in [0, 0.05) is 7.05 Å². The van der Waals surface area contributed by atoms with Crippen LogP contribution in [0, 0.1) is 0 Å². The Kier molecular flexibility index (Phi) is 6.07. The fourth-order valence-corrected chi connectivity index (χ4v) is 2.95. The predicted molar refractivity (Wildman–Crippen MR) is 107 cm³/mol. The van der Waals surface area contributed by atoms with Crippen molar-refractivity contribution >= 4 is 12.1 Å². The molecular formula is C23H21NO4. The number of rotatable bonds is 6. The first kappa shape index (κ1) is 19.2. The minimum absolute atomic E-state index is 0.0866. The predicted octanol–water partition coefficient (Wildman–Crippen LogP) is 4.75. The highest BCUT2D eigenvalue weighted by Gasteiger charge is 2.29. The smallest absolute Gasteiger partial charge is 0.410 e. The van der Waals surface area contributed by atoms with Gasteiger partial charge < -0.3 is 9.84 Å². The van der Waals surface area contributed by atoms with Gasteiger partial charge in [0.15, 0.2) is 6.04 Å². The molecule has 5 heteroatoms. The van der Waals surface area contributed by atoms with E-state index in [9.17, 15) is 14.7 Å². The van der Waals surface area contributed by atoms with Crippen LogP contribution in [-0.4, -0.2) is 29.1 Å². The zero-order chi connectivity index (χ0) is 19.9. The molecule has 3 aromatic carbocycles. The topological polar surface area (TPSA) is 66.8 Å². The van der Waals surface area contributed by atoms with Crippen LogP contribution in [0.25, 0.3) is 11.1 Å². The number of aliphatic carboxylic acids is 1. The first-order valence-electron chi connectivity index (χ1n) is 8.88. The molecular weight excluding hydrogens is 354 g/mol. The lowest BCUT2D eigenvalue weighted by molar-refractivity contribution is -0.142. The lowest BCUT2D eigenvalue weighted by Crippen LogP contribution is -2.36. The SMILES string of the molecule is CN(C(=O)OCc1ccccc1)C(C(=O)O)c1ccc(-c2ccccc2)cc1. The molecule has 5 nitrogen and oxygen atoms in total. The summed E-state index contributed by atoms with van der Waals surface area (Å²) >= 11 is 0. The van der Waals surface area contributed by atoms with Crippen LogP contribution in [-0.2, 0) is 16.1 Å². The van der Waals surface area contributed by atoms with Gasteiger partial charge in [-0.15, -0.1) is 0 Å². The quantitative estimate of drug-likeness (QED) is 0.675. The van der Waals surface area contributed by atoms with Gasteiger partial charge in [-0.2, -0.15) is 0 Å². The summed E-state index contributed by atoms with van der Waals surface area (Å²) < 4.78 is 5.26. The van der Waals surface area contributed by atoms with Crippen LogP contribution in [0.5, 0.6) is 0 Å². The zero-order valence-electron chi connectivity index (χ0n) is 15.5. The maximum absolute atomic E-state index is 12.4. The maximum Gasteiger partial charge on any atom is 0.410 e.